The summed E-state index contributed by atoms with van der Waals surface area (Å²) >= 11 is 5.37. The van der Waals surface area contributed by atoms with E-state index in [1.54, 1.807) is 18.2 Å². The number of amides is 1. The molecular formula is C13H12ClN3O3S. The molecule has 2 rings (SSSR count). The molecule has 0 aliphatic rings. The number of carbonyl (C=O) groups excluding carboxylic acids is 1. The quantitative estimate of drug-likeness (QED) is 0.824. The van der Waals surface area contributed by atoms with Gasteiger partial charge >= 0.3 is 0 Å². The third-order valence-corrected chi connectivity index (χ3v) is 4.09. The first-order valence-electron chi connectivity index (χ1n) is 5.91. The molecule has 0 aliphatic carbocycles. The van der Waals surface area contributed by atoms with E-state index < -0.39 is 10.0 Å². The van der Waals surface area contributed by atoms with Crippen LogP contribution in [0.3, 0.4) is 0 Å². The Morgan fingerprint density at radius 3 is 2.43 bits per heavy atom. The van der Waals surface area contributed by atoms with Crippen LogP contribution in [0.5, 0.6) is 0 Å². The van der Waals surface area contributed by atoms with Crippen molar-refractivity contribution in [2.75, 3.05) is 15.9 Å². The maximum absolute atomic E-state index is 12.1. The molecule has 0 spiro atoms. The lowest BCUT2D eigenvalue weighted by Crippen LogP contribution is -2.15. The number of carbonyl (C=O) groups is 1. The maximum Gasteiger partial charge on any atom is 0.263 e. The van der Waals surface area contributed by atoms with Crippen molar-refractivity contribution in [2.45, 2.75) is 4.90 Å². The van der Waals surface area contributed by atoms with Crippen LogP contribution in [0, 0.1) is 0 Å². The topological polar surface area (TPSA) is 88.2 Å². The van der Waals surface area contributed by atoms with Gasteiger partial charge in [-0.3, -0.25) is 9.52 Å². The average molecular weight is 326 g/mol. The van der Waals surface area contributed by atoms with Crippen molar-refractivity contribution in [3.63, 3.8) is 0 Å². The van der Waals surface area contributed by atoms with Crippen molar-refractivity contribution in [3.8, 4) is 0 Å². The zero-order valence-corrected chi connectivity index (χ0v) is 12.4. The Bertz CT molecular complexity index is 718. The number of nitrogens with zero attached hydrogens (tertiary/aromatic N) is 1. The van der Waals surface area contributed by atoms with Crippen molar-refractivity contribution < 1.29 is 13.2 Å². The molecule has 0 fully saturated rings. The van der Waals surface area contributed by atoms with E-state index in [0.29, 0.717) is 5.69 Å². The fourth-order valence-corrected chi connectivity index (χ4v) is 2.61. The fraction of sp³-hybridized carbons (Fsp3) is 0.0769. The Kier molecular flexibility index (Phi) is 4.77. The first kappa shape index (κ1) is 15.3. The molecule has 8 heteroatoms. The van der Waals surface area contributed by atoms with Crippen LogP contribution >= 0.6 is 11.6 Å². The molecule has 0 saturated heterocycles. The van der Waals surface area contributed by atoms with E-state index in [1.165, 1.54) is 30.5 Å². The van der Waals surface area contributed by atoms with Crippen LogP contribution in [0.4, 0.5) is 11.5 Å². The molecule has 0 bridgehead atoms. The Labute approximate surface area is 127 Å². The highest BCUT2D eigenvalue weighted by Gasteiger charge is 2.14. The first-order valence-corrected chi connectivity index (χ1v) is 7.93. The molecule has 21 heavy (non-hydrogen) atoms. The van der Waals surface area contributed by atoms with Gasteiger partial charge in [0.15, 0.2) is 0 Å². The zero-order valence-electron chi connectivity index (χ0n) is 10.8. The maximum atomic E-state index is 12.1. The molecule has 6 nitrogen and oxygen atoms in total. The van der Waals surface area contributed by atoms with Gasteiger partial charge < -0.3 is 5.32 Å². The fourth-order valence-electron chi connectivity index (χ4n) is 1.53. The zero-order chi connectivity index (χ0) is 15.3. The van der Waals surface area contributed by atoms with Gasteiger partial charge in [-0.25, -0.2) is 13.4 Å². The highest BCUT2D eigenvalue weighted by molar-refractivity contribution is 7.92. The number of aromatic nitrogens is 1. The highest BCUT2D eigenvalue weighted by Crippen LogP contribution is 2.17. The lowest BCUT2D eigenvalue weighted by Gasteiger charge is -2.08. The monoisotopic (exact) mass is 325 g/mol. The predicted molar refractivity (Wildman–Crippen MR) is 80.8 cm³/mol. The van der Waals surface area contributed by atoms with Crippen molar-refractivity contribution in [2.24, 2.45) is 0 Å². The van der Waals surface area contributed by atoms with Crippen LogP contribution in [-0.2, 0) is 14.8 Å². The Balaban J connectivity index is 2.15. The SMILES string of the molecule is O=C(CCl)Nc1ccc(S(=O)(=O)Nc2ccccn2)cc1. The summed E-state index contributed by atoms with van der Waals surface area (Å²) < 4.78 is 26.6. The molecule has 0 atom stereocenters. The summed E-state index contributed by atoms with van der Waals surface area (Å²) in [6.07, 6.45) is 1.49. The van der Waals surface area contributed by atoms with E-state index in [9.17, 15) is 13.2 Å². The number of pyridine rings is 1. The molecule has 1 amide bonds. The van der Waals surface area contributed by atoms with Crippen molar-refractivity contribution >= 4 is 39.0 Å². The Morgan fingerprint density at radius 2 is 1.86 bits per heavy atom. The molecule has 110 valence electrons. The summed E-state index contributed by atoms with van der Waals surface area (Å²) in [5, 5.41) is 2.52. The van der Waals surface area contributed by atoms with Crippen LogP contribution < -0.4 is 10.0 Å². The number of halogens is 1. The largest absolute Gasteiger partial charge is 0.325 e. The van der Waals surface area contributed by atoms with Crippen LogP contribution in [0.2, 0.25) is 0 Å². The summed E-state index contributed by atoms with van der Waals surface area (Å²) in [6.45, 7) is 0. The number of nitrogens with one attached hydrogen (secondary N) is 2. The summed E-state index contributed by atoms with van der Waals surface area (Å²) in [7, 11) is -3.72. The van der Waals surface area contributed by atoms with E-state index in [4.69, 9.17) is 11.6 Å². The van der Waals surface area contributed by atoms with Gasteiger partial charge in [0, 0.05) is 11.9 Å². The highest BCUT2D eigenvalue weighted by atomic mass is 35.5. The minimum atomic E-state index is -3.72. The van der Waals surface area contributed by atoms with Crippen LogP contribution in [0.1, 0.15) is 0 Å². The number of benzene rings is 1. The van der Waals surface area contributed by atoms with Gasteiger partial charge in [-0.05, 0) is 36.4 Å². The van der Waals surface area contributed by atoms with Gasteiger partial charge in [-0.1, -0.05) is 6.07 Å². The molecule has 0 unspecified atom stereocenters. The standard InChI is InChI=1S/C13H12ClN3O3S/c14-9-13(18)16-10-4-6-11(7-5-10)21(19,20)17-12-3-1-2-8-15-12/h1-8H,9H2,(H,15,17)(H,16,18). The third kappa shape index (κ3) is 4.17. The van der Waals surface area contributed by atoms with E-state index in [1.807, 2.05) is 0 Å². The molecule has 1 aromatic heterocycles. The second kappa shape index (κ2) is 6.55. The molecule has 1 aromatic carbocycles. The van der Waals surface area contributed by atoms with Gasteiger partial charge in [0.2, 0.25) is 5.91 Å². The summed E-state index contributed by atoms with van der Waals surface area (Å²) in [5.41, 5.74) is 0.470. The lowest BCUT2D eigenvalue weighted by atomic mass is 10.3. The molecule has 1 heterocycles. The molecule has 0 radical (unpaired) electrons. The number of sulfonamides is 1. The second-order valence-corrected chi connectivity index (χ2v) is 5.98. The summed E-state index contributed by atoms with van der Waals surface area (Å²) in [5.74, 6) is -0.294. The second-order valence-electron chi connectivity index (χ2n) is 4.03. The normalized spacial score (nSPS) is 10.9. The molecule has 0 aliphatic heterocycles. The van der Waals surface area contributed by atoms with Gasteiger partial charge in [0.05, 0.1) is 4.90 Å². The van der Waals surface area contributed by atoms with E-state index in [-0.39, 0.29) is 22.5 Å². The van der Waals surface area contributed by atoms with Gasteiger partial charge in [0.1, 0.15) is 11.7 Å². The lowest BCUT2D eigenvalue weighted by molar-refractivity contribution is -0.113. The van der Waals surface area contributed by atoms with Crippen LogP contribution in [-0.4, -0.2) is 25.2 Å². The van der Waals surface area contributed by atoms with Gasteiger partial charge in [-0.15, -0.1) is 11.6 Å². The van der Waals surface area contributed by atoms with Gasteiger partial charge in [0.25, 0.3) is 10.0 Å². The van der Waals surface area contributed by atoms with Crippen molar-refractivity contribution in [1.82, 2.24) is 4.98 Å². The predicted octanol–water partition coefficient (Wildman–Crippen LogP) is 2.06. The number of hydrogen-bond acceptors (Lipinski definition) is 4. The first-order chi connectivity index (χ1) is 10.0. The smallest absolute Gasteiger partial charge is 0.263 e. The average Bonchev–Trinajstić information content (AvgIpc) is 2.48. The number of anilines is 2. The Morgan fingerprint density at radius 1 is 1.14 bits per heavy atom. The van der Waals surface area contributed by atoms with E-state index in [2.05, 4.69) is 15.0 Å². The van der Waals surface area contributed by atoms with Crippen LogP contribution in [0.25, 0.3) is 0 Å². The third-order valence-electron chi connectivity index (χ3n) is 2.47. The minimum Gasteiger partial charge on any atom is -0.325 e. The molecular weight excluding hydrogens is 314 g/mol. The van der Waals surface area contributed by atoms with Crippen LogP contribution in [0.15, 0.2) is 53.6 Å². The van der Waals surface area contributed by atoms with Crippen molar-refractivity contribution in [1.29, 1.82) is 0 Å². The Hall–Kier alpha value is -2.12. The summed E-state index contributed by atoms with van der Waals surface area (Å²) in [6, 6.07) is 10.6. The summed E-state index contributed by atoms with van der Waals surface area (Å²) in [4.78, 5) is 15.1. The van der Waals surface area contributed by atoms with Gasteiger partial charge in [-0.2, -0.15) is 0 Å². The molecule has 2 N–H and O–H groups in total. The van der Waals surface area contributed by atoms with E-state index >= 15 is 0 Å². The molecule has 2 aromatic rings. The van der Waals surface area contributed by atoms with Crippen molar-refractivity contribution in [3.05, 3.63) is 48.7 Å². The number of hydrogen-bond donors (Lipinski definition) is 2. The number of rotatable bonds is 5. The minimum absolute atomic E-state index is 0.0667. The number of alkyl halides is 1. The van der Waals surface area contributed by atoms with E-state index in [0.717, 1.165) is 0 Å². The molecule has 0 saturated carbocycles.